The summed E-state index contributed by atoms with van der Waals surface area (Å²) in [5.74, 6) is 0.425. The van der Waals surface area contributed by atoms with E-state index in [0.717, 1.165) is 48.3 Å². The van der Waals surface area contributed by atoms with E-state index in [-0.39, 0.29) is 5.91 Å². The van der Waals surface area contributed by atoms with Crippen LogP contribution in [-0.2, 0) is 12.8 Å². The Morgan fingerprint density at radius 3 is 2.76 bits per heavy atom. The van der Waals surface area contributed by atoms with Crippen LogP contribution < -0.4 is 5.32 Å². The second kappa shape index (κ2) is 6.47. The Hall–Kier alpha value is -3.02. The number of benzene rings is 1. The number of nitrogens with zero attached hydrogens (tertiary/aromatic N) is 4. The molecule has 2 heterocycles. The zero-order valence-corrected chi connectivity index (χ0v) is 14.1. The summed E-state index contributed by atoms with van der Waals surface area (Å²) in [6.07, 6.45) is 5.45. The van der Waals surface area contributed by atoms with Gasteiger partial charge in [0.1, 0.15) is 17.8 Å². The van der Waals surface area contributed by atoms with Crippen LogP contribution >= 0.6 is 0 Å². The SMILES string of the molecule is Cc1cc(NC(=O)c2ncnc3c2CCCC3)n(-c2ccccc2)n1. The number of aromatic nitrogens is 4. The summed E-state index contributed by atoms with van der Waals surface area (Å²) in [5, 5.41) is 7.45. The first-order valence-corrected chi connectivity index (χ1v) is 8.48. The van der Waals surface area contributed by atoms with Gasteiger partial charge in [-0.05, 0) is 44.7 Å². The van der Waals surface area contributed by atoms with Gasteiger partial charge in [0, 0.05) is 17.3 Å². The van der Waals surface area contributed by atoms with Crippen molar-refractivity contribution in [3.8, 4) is 5.69 Å². The first kappa shape index (κ1) is 15.5. The normalized spacial score (nSPS) is 13.3. The predicted octanol–water partition coefficient (Wildman–Crippen LogP) is 3.10. The number of aryl methyl sites for hydroxylation is 2. The van der Waals surface area contributed by atoms with Gasteiger partial charge in [0.2, 0.25) is 0 Å². The molecular formula is C19H19N5O. The second-order valence-corrected chi connectivity index (χ2v) is 6.23. The lowest BCUT2D eigenvalue weighted by atomic mass is 9.94. The van der Waals surface area contributed by atoms with Crippen molar-refractivity contribution in [2.75, 3.05) is 5.32 Å². The highest BCUT2D eigenvalue weighted by Crippen LogP contribution is 2.23. The Balaban J connectivity index is 1.67. The van der Waals surface area contributed by atoms with E-state index in [1.54, 1.807) is 4.68 Å². The van der Waals surface area contributed by atoms with Crippen molar-refractivity contribution in [3.05, 3.63) is 65.4 Å². The van der Waals surface area contributed by atoms with Crippen LogP contribution in [0.3, 0.4) is 0 Å². The van der Waals surface area contributed by atoms with Gasteiger partial charge >= 0.3 is 0 Å². The highest BCUT2D eigenvalue weighted by molar-refractivity contribution is 6.03. The Morgan fingerprint density at radius 1 is 1.12 bits per heavy atom. The maximum Gasteiger partial charge on any atom is 0.275 e. The minimum atomic E-state index is -0.211. The number of anilines is 1. The molecule has 0 atom stereocenters. The van der Waals surface area contributed by atoms with E-state index in [1.807, 2.05) is 43.3 Å². The third kappa shape index (κ3) is 3.03. The number of nitrogens with one attached hydrogen (secondary N) is 1. The van der Waals surface area contributed by atoms with E-state index in [9.17, 15) is 4.79 Å². The number of hydrogen-bond donors (Lipinski definition) is 1. The van der Waals surface area contributed by atoms with Crippen LogP contribution in [0.15, 0.2) is 42.7 Å². The van der Waals surface area contributed by atoms with E-state index in [2.05, 4.69) is 20.4 Å². The summed E-state index contributed by atoms with van der Waals surface area (Å²) in [6, 6.07) is 11.6. The lowest BCUT2D eigenvalue weighted by Gasteiger charge is -2.17. The van der Waals surface area contributed by atoms with Gasteiger partial charge in [-0.2, -0.15) is 5.10 Å². The quantitative estimate of drug-likeness (QED) is 0.799. The van der Waals surface area contributed by atoms with E-state index in [0.29, 0.717) is 11.5 Å². The molecule has 0 fully saturated rings. The van der Waals surface area contributed by atoms with E-state index in [4.69, 9.17) is 0 Å². The lowest BCUT2D eigenvalue weighted by Crippen LogP contribution is -2.21. The Labute approximate surface area is 145 Å². The molecule has 3 aromatic rings. The summed E-state index contributed by atoms with van der Waals surface area (Å²) < 4.78 is 1.74. The van der Waals surface area contributed by atoms with Crippen LogP contribution in [0.4, 0.5) is 5.82 Å². The summed E-state index contributed by atoms with van der Waals surface area (Å²) in [4.78, 5) is 21.4. The second-order valence-electron chi connectivity index (χ2n) is 6.23. The van der Waals surface area contributed by atoms with Gasteiger partial charge in [0.25, 0.3) is 5.91 Å². The molecule has 1 N–H and O–H groups in total. The molecule has 6 heteroatoms. The highest BCUT2D eigenvalue weighted by atomic mass is 16.2. The largest absolute Gasteiger partial charge is 0.305 e. The van der Waals surface area contributed by atoms with E-state index in [1.165, 1.54) is 6.33 Å². The van der Waals surface area contributed by atoms with Gasteiger partial charge in [0.05, 0.1) is 11.4 Å². The maximum absolute atomic E-state index is 12.8. The maximum atomic E-state index is 12.8. The molecule has 0 saturated carbocycles. The van der Waals surface area contributed by atoms with Crippen LogP contribution in [0.5, 0.6) is 0 Å². The van der Waals surface area contributed by atoms with Gasteiger partial charge < -0.3 is 5.32 Å². The number of amides is 1. The van der Waals surface area contributed by atoms with Crippen molar-refractivity contribution >= 4 is 11.7 Å². The van der Waals surface area contributed by atoms with Crippen molar-refractivity contribution in [1.82, 2.24) is 19.7 Å². The van der Waals surface area contributed by atoms with Crippen LogP contribution in [0, 0.1) is 6.92 Å². The fourth-order valence-corrected chi connectivity index (χ4v) is 3.25. The van der Waals surface area contributed by atoms with Crippen LogP contribution in [0.1, 0.15) is 40.3 Å². The third-order valence-corrected chi connectivity index (χ3v) is 4.41. The smallest absolute Gasteiger partial charge is 0.275 e. The number of para-hydroxylation sites is 1. The Morgan fingerprint density at radius 2 is 1.92 bits per heavy atom. The molecule has 1 aliphatic carbocycles. The average molecular weight is 333 g/mol. The zero-order valence-electron chi connectivity index (χ0n) is 14.1. The topological polar surface area (TPSA) is 72.7 Å². The molecule has 6 nitrogen and oxygen atoms in total. The fraction of sp³-hybridized carbons (Fsp3) is 0.263. The molecule has 2 aromatic heterocycles. The summed E-state index contributed by atoms with van der Waals surface area (Å²) in [6.45, 7) is 1.90. The molecule has 0 bridgehead atoms. The molecule has 25 heavy (non-hydrogen) atoms. The minimum absolute atomic E-state index is 0.211. The van der Waals surface area contributed by atoms with Crippen LogP contribution in [0.2, 0.25) is 0 Å². The standard InChI is InChI=1S/C19H19N5O/c1-13-11-17(24(23-13)14-7-3-2-4-8-14)22-19(25)18-15-9-5-6-10-16(15)20-12-21-18/h2-4,7-8,11-12H,5-6,9-10H2,1H3,(H,22,25). The number of rotatable bonds is 3. The molecule has 4 rings (SSSR count). The molecule has 126 valence electrons. The van der Waals surface area contributed by atoms with E-state index >= 15 is 0 Å². The monoisotopic (exact) mass is 333 g/mol. The van der Waals surface area contributed by atoms with Gasteiger partial charge in [0.15, 0.2) is 0 Å². The molecule has 0 spiro atoms. The Kier molecular flexibility index (Phi) is 4.01. The van der Waals surface area contributed by atoms with Gasteiger partial charge in [-0.1, -0.05) is 18.2 Å². The molecule has 1 aliphatic rings. The van der Waals surface area contributed by atoms with Gasteiger partial charge in [-0.15, -0.1) is 0 Å². The van der Waals surface area contributed by atoms with Gasteiger partial charge in [-0.3, -0.25) is 4.79 Å². The molecule has 0 saturated heterocycles. The van der Waals surface area contributed by atoms with E-state index < -0.39 is 0 Å². The number of carbonyl (C=O) groups is 1. The van der Waals surface area contributed by atoms with Crippen LogP contribution in [-0.4, -0.2) is 25.7 Å². The molecule has 1 amide bonds. The van der Waals surface area contributed by atoms with Crippen molar-refractivity contribution in [2.24, 2.45) is 0 Å². The van der Waals surface area contributed by atoms with Crippen LogP contribution in [0.25, 0.3) is 5.69 Å². The fourth-order valence-electron chi connectivity index (χ4n) is 3.25. The van der Waals surface area contributed by atoms with Gasteiger partial charge in [-0.25, -0.2) is 14.6 Å². The highest BCUT2D eigenvalue weighted by Gasteiger charge is 2.21. The van der Waals surface area contributed by atoms with Crippen molar-refractivity contribution in [1.29, 1.82) is 0 Å². The molecule has 0 radical (unpaired) electrons. The summed E-state index contributed by atoms with van der Waals surface area (Å²) in [5.41, 5.74) is 4.19. The predicted molar refractivity (Wildman–Crippen MR) is 94.9 cm³/mol. The van der Waals surface area contributed by atoms with Crippen molar-refractivity contribution in [2.45, 2.75) is 32.6 Å². The number of hydrogen-bond acceptors (Lipinski definition) is 4. The molecule has 0 aliphatic heterocycles. The summed E-state index contributed by atoms with van der Waals surface area (Å²) in [7, 11) is 0. The zero-order chi connectivity index (χ0) is 17.2. The number of fused-ring (bicyclic) bond motifs is 1. The molecule has 0 unspecified atom stereocenters. The first-order valence-electron chi connectivity index (χ1n) is 8.48. The Bertz CT molecular complexity index is 917. The third-order valence-electron chi connectivity index (χ3n) is 4.41. The molecular weight excluding hydrogens is 314 g/mol. The summed E-state index contributed by atoms with van der Waals surface area (Å²) >= 11 is 0. The first-order chi connectivity index (χ1) is 12.2. The van der Waals surface area contributed by atoms with Crippen molar-refractivity contribution in [3.63, 3.8) is 0 Å². The van der Waals surface area contributed by atoms with Crippen molar-refractivity contribution < 1.29 is 4.79 Å². The average Bonchev–Trinajstić information content (AvgIpc) is 3.02. The number of carbonyl (C=O) groups excluding carboxylic acids is 1. The molecule has 1 aromatic carbocycles. The minimum Gasteiger partial charge on any atom is -0.305 e. The lowest BCUT2D eigenvalue weighted by molar-refractivity contribution is 0.102.